The van der Waals surface area contributed by atoms with E-state index >= 15 is 0 Å². The molecule has 0 atom stereocenters. The zero-order valence-corrected chi connectivity index (χ0v) is 11.6. The van der Waals surface area contributed by atoms with Crippen LogP contribution in [-0.4, -0.2) is 17.0 Å². The molecular formula is C16H13N3O3. The lowest BCUT2D eigenvalue weighted by Gasteiger charge is -2.06. The number of hydrogen-bond donors (Lipinski definition) is 2. The highest BCUT2D eigenvalue weighted by Crippen LogP contribution is 2.17. The quantitative estimate of drug-likeness (QED) is 0.722. The molecule has 110 valence electrons. The normalized spacial score (nSPS) is 10.4. The molecule has 0 bridgehead atoms. The van der Waals surface area contributed by atoms with Gasteiger partial charge >= 0.3 is 0 Å². The highest BCUT2D eigenvalue weighted by Gasteiger charge is 2.12. The van der Waals surface area contributed by atoms with Gasteiger partial charge in [-0.25, -0.2) is 0 Å². The first-order valence-electron chi connectivity index (χ1n) is 6.71. The average Bonchev–Trinajstić information content (AvgIpc) is 2.97. The second-order valence-corrected chi connectivity index (χ2v) is 4.67. The first-order valence-corrected chi connectivity index (χ1v) is 6.71. The molecule has 3 rings (SSSR count). The number of nitrogens with one attached hydrogen (secondary N) is 2. The molecule has 0 unspecified atom stereocenters. The van der Waals surface area contributed by atoms with Crippen LogP contribution in [-0.2, 0) is 11.2 Å². The minimum Gasteiger partial charge on any atom is -0.356 e. The van der Waals surface area contributed by atoms with Crippen LogP contribution in [0.25, 0.3) is 11.0 Å². The first kappa shape index (κ1) is 13.8. The van der Waals surface area contributed by atoms with E-state index in [0.29, 0.717) is 16.8 Å². The maximum absolute atomic E-state index is 11.9. The Balaban J connectivity index is 1.60. The predicted octanol–water partition coefficient (Wildman–Crippen LogP) is 1.83. The van der Waals surface area contributed by atoms with Gasteiger partial charge in [-0.2, -0.15) is 0 Å². The number of amides is 2. The number of hydrazine groups is 1. The van der Waals surface area contributed by atoms with Crippen LogP contribution in [0.4, 0.5) is 0 Å². The smallest absolute Gasteiger partial charge is 0.269 e. The van der Waals surface area contributed by atoms with Crippen LogP contribution in [0.2, 0.25) is 0 Å². The second kappa shape index (κ2) is 6.09. The molecule has 0 aliphatic rings. The molecule has 2 aromatic carbocycles. The van der Waals surface area contributed by atoms with Crippen LogP contribution in [0.5, 0.6) is 0 Å². The Bertz CT molecular complexity index is 812. The summed E-state index contributed by atoms with van der Waals surface area (Å²) in [5.41, 5.74) is 6.35. The number of benzene rings is 2. The summed E-state index contributed by atoms with van der Waals surface area (Å²) in [6.07, 6.45) is 0.0199. The van der Waals surface area contributed by atoms with Crippen molar-refractivity contribution in [3.05, 3.63) is 65.9 Å². The van der Waals surface area contributed by atoms with Crippen LogP contribution in [0, 0.1) is 0 Å². The van der Waals surface area contributed by atoms with E-state index in [1.807, 2.05) is 24.3 Å². The number of rotatable bonds is 3. The molecule has 6 heteroatoms. The van der Waals surface area contributed by atoms with Crippen molar-refractivity contribution in [2.24, 2.45) is 0 Å². The standard InChI is InChI=1S/C16H13N3O3/c20-15(17-18-16(21)11-6-2-1-3-7-11)10-13-12-8-4-5-9-14(12)22-19-13/h1-9H,10H2,(H,17,20)(H,18,21). The number of nitrogens with zero attached hydrogens (tertiary/aromatic N) is 1. The molecule has 0 spiro atoms. The lowest BCUT2D eigenvalue weighted by molar-refractivity contribution is -0.121. The van der Waals surface area contributed by atoms with E-state index in [1.165, 1.54) is 0 Å². The van der Waals surface area contributed by atoms with Gasteiger partial charge in [0.1, 0.15) is 5.69 Å². The van der Waals surface area contributed by atoms with Gasteiger partial charge in [-0.1, -0.05) is 35.5 Å². The van der Waals surface area contributed by atoms with E-state index in [-0.39, 0.29) is 18.2 Å². The Kier molecular flexibility index (Phi) is 3.82. The van der Waals surface area contributed by atoms with Crippen molar-refractivity contribution in [2.75, 3.05) is 0 Å². The van der Waals surface area contributed by atoms with E-state index in [4.69, 9.17) is 4.52 Å². The minimum atomic E-state index is -0.376. The van der Waals surface area contributed by atoms with Gasteiger partial charge in [-0.05, 0) is 24.3 Å². The molecule has 0 saturated heterocycles. The summed E-state index contributed by atoms with van der Waals surface area (Å²) in [4.78, 5) is 23.7. The summed E-state index contributed by atoms with van der Waals surface area (Å²) >= 11 is 0. The summed E-state index contributed by atoms with van der Waals surface area (Å²) < 4.78 is 5.13. The van der Waals surface area contributed by atoms with Crippen LogP contribution < -0.4 is 10.9 Å². The predicted molar refractivity (Wildman–Crippen MR) is 79.8 cm³/mol. The van der Waals surface area contributed by atoms with E-state index in [9.17, 15) is 9.59 Å². The average molecular weight is 295 g/mol. The summed E-state index contributed by atoms with van der Waals surface area (Å²) in [6, 6.07) is 15.9. The monoisotopic (exact) mass is 295 g/mol. The fourth-order valence-corrected chi connectivity index (χ4v) is 2.05. The Hall–Kier alpha value is -3.15. The highest BCUT2D eigenvalue weighted by molar-refractivity contribution is 5.95. The molecule has 6 nitrogen and oxygen atoms in total. The number of fused-ring (bicyclic) bond motifs is 1. The third kappa shape index (κ3) is 2.95. The third-order valence-electron chi connectivity index (χ3n) is 3.13. The van der Waals surface area contributed by atoms with Gasteiger partial charge in [0.15, 0.2) is 5.58 Å². The Labute approximate surface area is 126 Å². The molecule has 2 N–H and O–H groups in total. The van der Waals surface area contributed by atoms with Gasteiger partial charge in [0.05, 0.1) is 6.42 Å². The zero-order chi connectivity index (χ0) is 15.4. The van der Waals surface area contributed by atoms with E-state index < -0.39 is 0 Å². The van der Waals surface area contributed by atoms with Crippen LogP contribution in [0.15, 0.2) is 59.1 Å². The molecule has 0 fully saturated rings. The molecule has 1 heterocycles. The number of hydrogen-bond acceptors (Lipinski definition) is 4. The van der Waals surface area contributed by atoms with E-state index in [1.54, 1.807) is 30.3 Å². The van der Waals surface area contributed by atoms with Crippen molar-refractivity contribution in [1.29, 1.82) is 0 Å². The number of carbonyl (C=O) groups excluding carboxylic acids is 2. The molecule has 0 saturated carbocycles. The summed E-state index contributed by atoms with van der Waals surface area (Å²) in [5, 5.41) is 4.66. The zero-order valence-electron chi connectivity index (χ0n) is 11.6. The SMILES string of the molecule is O=C(Cc1noc2ccccc12)NNC(=O)c1ccccc1. The van der Waals surface area contributed by atoms with Gasteiger partial charge in [0, 0.05) is 10.9 Å². The Morgan fingerprint density at radius 1 is 0.955 bits per heavy atom. The summed E-state index contributed by atoms with van der Waals surface area (Å²) in [5.74, 6) is -0.748. The minimum absolute atomic E-state index is 0.0199. The number of carbonyl (C=O) groups is 2. The van der Waals surface area contributed by atoms with Crippen molar-refractivity contribution in [3.63, 3.8) is 0 Å². The molecular weight excluding hydrogens is 282 g/mol. The summed E-state index contributed by atoms with van der Waals surface area (Å²) in [6.45, 7) is 0. The maximum Gasteiger partial charge on any atom is 0.269 e. The number of aromatic nitrogens is 1. The van der Waals surface area contributed by atoms with Crippen molar-refractivity contribution in [1.82, 2.24) is 16.0 Å². The van der Waals surface area contributed by atoms with E-state index in [0.717, 1.165) is 5.39 Å². The molecule has 2 amide bonds. The number of para-hydroxylation sites is 1. The van der Waals surface area contributed by atoms with E-state index in [2.05, 4.69) is 16.0 Å². The largest absolute Gasteiger partial charge is 0.356 e. The topological polar surface area (TPSA) is 84.2 Å². The summed E-state index contributed by atoms with van der Waals surface area (Å²) in [7, 11) is 0. The van der Waals surface area contributed by atoms with Gasteiger partial charge in [0.2, 0.25) is 5.91 Å². The fraction of sp³-hybridized carbons (Fsp3) is 0.0625. The molecule has 0 aliphatic carbocycles. The fourth-order valence-electron chi connectivity index (χ4n) is 2.05. The molecule has 3 aromatic rings. The Morgan fingerprint density at radius 2 is 1.68 bits per heavy atom. The third-order valence-corrected chi connectivity index (χ3v) is 3.13. The highest BCUT2D eigenvalue weighted by atomic mass is 16.5. The lowest BCUT2D eigenvalue weighted by Crippen LogP contribution is -2.42. The first-order chi connectivity index (χ1) is 10.7. The van der Waals surface area contributed by atoms with Crippen molar-refractivity contribution in [3.8, 4) is 0 Å². The molecule has 22 heavy (non-hydrogen) atoms. The molecule has 1 aromatic heterocycles. The van der Waals surface area contributed by atoms with Crippen molar-refractivity contribution >= 4 is 22.8 Å². The van der Waals surface area contributed by atoms with Crippen molar-refractivity contribution < 1.29 is 14.1 Å². The van der Waals surface area contributed by atoms with Crippen molar-refractivity contribution in [2.45, 2.75) is 6.42 Å². The van der Waals surface area contributed by atoms with Crippen LogP contribution >= 0.6 is 0 Å². The molecule has 0 radical (unpaired) electrons. The van der Waals surface area contributed by atoms with Crippen LogP contribution in [0.1, 0.15) is 16.1 Å². The molecule has 0 aliphatic heterocycles. The second-order valence-electron chi connectivity index (χ2n) is 4.67. The van der Waals surface area contributed by atoms with Gasteiger partial charge < -0.3 is 4.52 Å². The maximum atomic E-state index is 11.9. The Morgan fingerprint density at radius 3 is 2.50 bits per heavy atom. The van der Waals surface area contributed by atoms with Gasteiger partial charge in [0.25, 0.3) is 5.91 Å². The lowest BCUT2D eigenvalue weighted by atomic mass is 10.2. The van der Waals surface area contributed by atoms with Crippen LogP contribution in [0.3, 0.4) is 0 Å². The van der Waals surface area contributed by atoms with Gasteiger partial charge in [-0.15, -0.1) is 0 Å². The van der Waals surface area contributed by atoms with Gasteiger partial charge in [-0.3, -0.25) is 20.4 Å².